The van der Waals surface area contributed by atoms with Crippen LogP contribution < -0.4 is 5.32 Å². The zero-order chi connectivity index (χ0) is 15.2. The molecule has 0 bridgehead atoms. The molecule has 0 aliphatic carbocycles. The van der Waals surface area contributed by atoms with Gasteiger partial charge in [0.25, 0.3) is 0 Å². The van der Waals surface area contributed by atoms with Crippen LogP contribution in [-0.4, -0.2) is 6.54 Å². The highest BCUT2D eigenvalue weighted by molar-refractivity contribution is 9.10. The monoisotopic (exact) mass is 367 g/mol. The lowest BCUT2D eigenvalue weighted by Gasteiger charge is -2.10. The van der Waals surface area contributed by atoms with Crippen molar-refractivity contribution in [2.24, 2.45) is 5.92 Å². The van der Waals surface area contributed by atoms with Gasteiger partial charge in [-0.3, -0.25) is 0 Å². The van der Waals surface area contributed by atoms with Gasteiger partial charge in [0.1, 0.15) is 5.82 Å². The molecule has 1 N–H and O–H groups in total. The molecule has 0 saturated heterocycles. The summed E-state index contributed by atoms with van der Waals surface area (Å²) in [5.74, 6) is 0.451. The van der Waals surface area contributed by atoms with Crippen LogP contribution >= 0.6 is 27.7 Å². The van der Waals surface area contributed by atoms with E-state index in [0.717, 1.165) is 27.4 Å². The van der Waals surface area contributed by atoms with Crippen LogP contribution in [0.3, 0.4) is 0 Å². The maximum absolute atomic E-state index is 12.9. The molecule has 0 aliphatic rings. The van der Waals surface area contributed by atoms with Crippen molar-refractivity contribution in [3.05, 3.63) is 58.3 Å². The van der Waals surface area contributed by atoms with Crippen LogP contribution in [0.5, 0.6) is 0 Å². The van der Waals surface area contributed by atoms with Gasteiger partial charge in [-0.15, -0.1) is 0 Å². The first-order chi connectivity index (χ1) is 10.0. The summed E-state index contributed by atoms with van der Waals surface area (Å²) in [6.45, 7) is 6.29. The van der Waals surface area contributed by atoms with E-state index < -0.39 is 0 Å². The van der Waals surface area contributed by atoms with Gasteiger partial charge in [-0.25, -0.2) is 4.39 Å². The van der Waals surface area contributed by atoms with E-state index in [4.69, 9.17) is 0 Å². The highest BCUT2D eigenvalue weighted by Crippen LogP contribution is 2.34. The number of halogens is 2. The predicted octanol–water partition coefficient (Wildman–Crippen LogP) is 5.49. The van der Waals surface area contributed by atoms with Crippen LogP contribution in [0.15, 0.2) is 56.7 Å². The lowest BCUT2D eigenvalue weighted by molar-refractivity contribution is 0.552. The second-order valence-corrected chi connectivity index (χ2v) is 7.32. The van der Waals surface area contributed by atoms with Gasteiger partial charge in [0.05, 0.1) is 0 Å². The van der Waals surface area contributed by atoms with E-state index in [1.54, 1.807) is 23.9 Å². The fraction of sp³-hybridized carbons (Fsp3) is 0.294. The molecule has 0 unspecified atom stereocenters. The number of hydrogen-bond donors (Lipinski definition) is 1. The van der Waals surface area contributed by atoms with Crippen molar-refractivity contribution in [3.63, 3.8) is 0 Å². The Bertz CT molecular complexity index is 584. The van der Waals surface area contributed by atoms with Crippen LogP contribution in [-0.2, 0) is 6.54 Å². The Morgan fingerprint density at radius 1 is 1.14 bits per heavy atom. The fourth-order valence-corrected chi connectivity index (χ4v) is 3.36. The summed E-state index contributed by atoms with van der Waals surface area (Å²) in [7, 11) is 0. The number of nitrogens with one attached hydrogen (secondary N) is 1. The van der Waals surface area contributed by atoms with E-state index in [0.29, 0.717) is 5.92 Å². The molecule has 0 aliphatic heterocycles. The molecule has 1 nitrogen and oxygen atoms in total. The Labute approximate surface area is 138 Å². The molecule has 21 heavy (non-hydrogen) atoms. The summed E-state index contributed by atoms with van der Waals surface area (Å²) in [6, 6.07) is 12.9. The van der Waals surface area contributed by atoms with Crippen molar-refractivity contribution in [2.45, 2.75) is 30.2 Å². The number of rotatable bonds is 6. The Morgan fingerprint density at radius 2 is 1.86 bits per heavy atom. The molecule has 0 heterocycles. The highest BCUT2D eigenvalue weighted by atomic mass is 79.9. The maximum atomic E-state index is 12.9. The van der Waals surface area contributed by atoms with Crippen LogP contribution in [0.4, 0.5) is 4.39 Å². The summed E-state index contributed by atoms with van der Waals surface area (Å²) >= 11 is 5.24. The van der Waals surface area contributed by atoms with E-state index in [-0.39, 0.29) is 5.82 Å². The van der Waals surface area contributed by atoms with Gasteiger partial charge in [0, 0.05) is 20.8 Å². The normalized spacial score (nSPS) is 11.1. The topological polar surface area (TPSA) is 12.0 Å². The number of benzene rings is 2. The molecule has 0 amide bonds. The predicted molar refractivity (Wildman–Crippen MR) is 91.2 cm³/mol. The summed E-state index contributed by atoms with van der Waals surface area (Å²) in [5, 5.41) is 3.43. The van der Waals surface area contributed by atoms with Crippen molar-refractivity contribution in [1.29, 1.82) is 0 Å². The van der Waals surface area contributed by atoms with E-state index in [2.05, 4.69) is 53.3 Å². The maximum Gasteiger partial charge on any atom is 0.123 e. The largest absolute Gasteiger partial charge is 0.312 e. The minimum Gasteiger partial charge on any atom is -0.312 e. The second kappa shape index (κ2) is 7.97. The van der Waals surface area contributed by atoms with Gasteiger partial charge >= 0.3 is 0 Å². The third-order valence-corrected chi connectivity index (χ3v) is 4.92. The first-order valence-corrected chi connectivity index (χ1v) is 8.58. The molecule has 0 atom stereocenters. The van der Waals surface area contributed by atoms with Crippen molar-refractivity contribution < 1.29 is 4.39 Å². The average molecular weight is 368 g/mol. The molecule has 2 aromatic rings. The van der Waals surface area contributed by atoms with Crippen LogP contribution in [0.25, 0.3) is 0 Å². The Hall–Kier alpha value is -0.840. The van der Waals surface area contributed by atoms with E-state index in [1.807, 2.05) is 0 Å². The van der Waals surface area contributed by atoms with Gasteiger partial charge in [0.2, 0.25) is 0 Å². The molecule has 0 radical (unpaired) electrons. The average Bonchev–Trinajstić information content (AvgIpc) is 2.44. The van der Waals surface area contributed by atoms with Gasteiger partial charge in [-0.05, 0) is 70.4 Å². The summed E-state index contributed by atoms with van der Waals surface area (Å²) in [4.78, 5) is 2.16. The zero-order valence-electron chi connectivity index (χ0n) is 12.2. The minimum atomic E-state index is -0.204. The van der Waals surface area contributed by atoms with Gasteiger partial charge in [0.15, 0.2) is 0 Å². The first kappa shape index (κ1) is 16.5. The molecule has 2 rings (SSSR count). The summed E-state index contributed by atoms with van der Waals surface area (Å²) in [6.07, 6.45) is 0. The lowest BCUT2D eigenvalue weighted by Crippen LogP contribution is -2.18. The molecule has 0 spiro atoms. The third-order valence-electron chi connectivity index (χ3n) is 2.92. The van der Waals surface area contributed by atoms with Crippen molar-refractivity contribution >= 4 is 27.7 Å². The number of hydrogen-bond acceptors (Lipinski definition) is 2. The second-order valence-electron chi connectivity index (χ2n) is 5.35. The standard InChI is InChI=1S/C17H19BrFNS/c1-12(2)10-20-11-13-3-8-17(16(18)9-13)21-15-6-4-14(19)5-7-15/h3-9,12,20H,10-11H2,1-2H3. The van der Waals surface area contributed by atoms with Crippen LogP contribution in [0.1, 0.15) is 19.4 Å². The minimum absolute atomic E-state index is 0.204. The van der Waals surface area contributed by atoms with Crippen molar-refractivity contribution in [2.75, 3.05) is 6.54 Å². The fourth-order valence-electron chi connectivity index (χ4n) is 1.87. The molecule has 0 aromatic heterocycles. The quantitative estimate of drug-likeness (QED) is 0.724. The molecule has 112 valence electrons. The molecular weight excluding hydrogens is 349 g/mol. The Kier molecular flexibility index (Phi) is 6.27. The van der Waals surface area contributed by atoms with Gasteiger partial charge in [-0.2, -0.15) is 0 Å². The van der Waals surface area contributed by atoms with Crippen LogP contribution in [0, 0.1) is 11.7 Å². The molecule has 0 fully saturated rings. The Balaban J connectivity index is 2.00. The summed E-state index contributed by atoms with van der Waals surface area (Å²) in [5.41, 5.74) is 1.26. The highest BCUT2D eigenvalue weighted by Gasteiger charge is 2.04. The summed E-state index contributed by atoms with van der Waals surface area (Å²) < 4.78 is 14.0. The lowest BCUT2D eigenvalue weighted by atomic mass is 10.2. The Morgan fingerprint density at radius 3 is 2.48 bits per heavy atom. The smallest absolute Gasteiger partial charge is 0.123 e. The molecule has 2 aromatic carbocycles. The van der Waals surface area contributed by atoms with E-state index >= 15 is 0 Å². The SMILES string of the molecule is CC(C)CNCc1ccc(Sc2ccc(F)cc2)c(Br)c1. The first-order valence-electron chi connectivity index (χ1n) is 6.97. The van der Waals surface area contributed by atoms with Crippen molar-refractivity contribution in [3.8, 4) is 0 Å². The van der Waals surface area contributed by atoms with Crippen LogP contribution in [0.2, 0.25) is 0 Å². The van der Waals surface area contributed by atoms with E-state index in [9.17, 15) is 4.39 Å². The molecule has 0 saturated carbocycles. The van der Waals surface area contributed by atoms with Crippen molar-refractivity contribution in [1.82, 2.24) is 5.32 Å². The van der Waals surface area contributed by atoms with Gasteiger partial charge in [-0.1, -0.05) is 31.7 Å². The third kappa shape index (κ3) is 5.46. The van der Waals surface area contributed by atoms with Gasteiger partial charge < -0.3 is 5.32 Å². The zero-order valence-corrected chi connectivity index (χ0v) is 14.6. The molecular formula is C17H19BrFNS. The molecule has 4 heteroatoms. The van der Waals surface area contributed by atoms with E-state index in [1.165, 1.54) is 17.7 Å².